The first-order chi connectivity index (χ1) is 7.43. The lowest BCUT2D eigenvalue weighted by Crippen LogP contribution is -2.18. The van der Waals surface area contributed by atoms with Crippen molar-refractivity contribution in [2.75, 3.05) is 11.5 Å². The van der Waals surface area contributed by atoms with Gasteiger partial charge in [-0.1, -0.05) is 26.0 Å². The lowest BCUT2D eigenvalue weighted by Gasteiger charge is -2.24. The van der Waals surface area contributed by atoms with E-state index in [9.17, 15) is 4.79 Å². The third-order valence-electron chi connectivity index (χ3n) is 2.67. The van der Waals surface area contributed by atoms with Crippen molar-refractivity contribution in [2.24, 2.45) is 5.92 Å². The molecule has 1 aliphatic heterocycles. The molecule has 2 nitrogen and oxygen atoms in total. The molecular formula is C12H20O2S2. The van der Waals surface area contributed by atoms with E-state index in [0.717, 1.165) is 12.2 Å². The van der Waals surface area contributed by atoms with Gasteiger partial charge in [-0.3, -0.25) is 4.79 Å². The zero-order chi connectivity index (χ0) is 12.2. The Hall–Kier alpha value is -0.0900. The van der Waals surface area contributed by atoms with E-state index in [1.54, 1.807) is 0 Å². The summed E-state index contributed by atoms with van der Waals surface area (Å²) in [5.74, 6) is 1.10. The number of carboxylic acid groups (broad SMARTS) is 1. The van der Waals surface area contributed by atoms with Crippen LogP contribution in [-0.4, -0.2) is 32.6 Å². The number of thioether (sulfide) groups is 2. The average Bonchev–Trinajstić information content (AvgIpc) is 2.56. The minimum atomic E-state index is -0.718. The van der Waals surface area contributed by atoms with E-state index < -0.39 is 5.97 Å². The van der Waals surface area contributed by atoms with Gasteiger partial charge in [0.2, 0.25) is 0 Å². The smallest absolute Gasteiger partial charge is 0.313 e. The minimum absolute atomic E-state index is 0.209. The zero-order valence-corrected chi connectivity index (χ0v) is 11.7. The Labute approximate surface area is 106 Å². The molecule has 0 saturated carbocycles. The van der Waals surface area contributed by atoms with Crippen LogP contribution < -0.4 is 0 Å². The van der Waals surface area contributed by atoms with Gasteiger partial charge in [0.15, 0.2) is 0 Å². The van der Waals surface area contributed by atoms with Gasteiger partial charge >= 0.3 is 5.97 Å². The van der Waals surface area contributed by atoms with Gasteiger partial charge in [0, 0.05) is 10.00 Å². The molecule has 16 heavy (non-hydrogen) atoms. The molecule has 2 unspecified atom stereocenters. The highest BCUT2D eigenvalue weighted by Gasteiger charge is 2.31. The summed E-state index contributed by atoms with van der Waals surface area (Å²) in [5.41, 5.74) is 0. The number of hydrogen-bond donors (Lipinski definition) is 1. The monoisotopic (exact) mass is 260 g/mol. The molecule has 0 fully saturated rings. The van der Waals surface area contributed by atoms with Crippen molar-refractivity contribution in [3.8, 4) is 0 Å². The third kappa shape index (κ3) is 4.42. The van der Waals surface area contributed by atoms with Crippen LogP contribution in [0.15, 0.2) is 12.2 Å². The summed E-state index contributed by atoms with van der Waals surface area (Å²) in [6, 6.07) is 0. The Morgan fingerprint density at radius 3 is 2.81 bits per heavy atom. The van der Waals surface area contributed by atoms with Gasteiger partial charge in [-0.05, 0) is 25.0 Å². The first kappa shape index (κ1) is 14.0. The fourth-order valence-corrected chi connectivity index (χ4v) is 4.07. The maximum atomic E-state index is 10.4. The largest absolute Gasteiger partial charge is 0.481 e. The van der Waals surface area contributed by atoms with E-state index in [1.165, 1.54) is 11.8 Å². The fraction of sp³-hybridized carbons (Fsp3) is 0.750. The van der Waals surface area contributed by atoms with Crippen molar-refractivity contribution in [3.63, 3.8) is 0 Å². The zero-order valence-electron chi connectivity index (χ0n) is 10.1. The number of rotatable bonds is 6. The van der Waals surface area contributed by atoms with E-state index in [1.807, 2.05) is 11.8 Å². The van der Waals surface area contributed by atoms with Crippen LogP contribution in [0.25, 0.3) is 0 Å². The summed E-state index contributed by atoms with van der Waals surface area (Å²) in [5, 5.41) is 9.16. The van der Waals surface area contributed by atoms with E-state index >= 15 is 0 Å². The number of aliphatic carboxylic acids is 1. The maximum Gasteiger partial charge on any atom is 0.313 e. The van der Waals surface area contributed by atoms with Crippen LogP contribution in [-0.2, 0) is 4.79 Å². The van der Waals surface area contributed by atoms with Gasteiger partial charge in [0.05, 0.1) is 5.75 Å². The maximum absolute atomic E-state index is 10.4. The van der Waals surface area contributed by atoms with Gasteiger partial charge in [-0.15, -0.1) is 11.8 Å². The summed E-state index contributed by atoms with van der Waals surface area (Å²) in [7, 11) is 0. The highest BCUT2D eigenvalue weighted by molar-refractivity contribution is 8.02. The molecule has 1 heterocycles. The molecule has 4 heteroatoms. The first-order valence-electron chi connectivity index (χ1n) is 5.60. The molecule has 92 valence electrons. The quantitative estimate of drug-likeness (QED) is 0.587. The van der Waals surface area contributed by atoms with E-state index in [0.29, 0.717) is 11.2 Å². The van der Waals surface area contributed by atoms with Gasteiger partial charge < -0.3 is 5.11 Å². The Morgan fingerprint density at radius 1 is 1.62 bits per heavy atom. The lowest BCUT2D eigenvalue weighted by molar-refractivity contribution is -0.133. The molecule has 0 amide bonds. The van der Waals surface area contributed by atoms with Crippen molar-refractivity contribution in [1.29, 1.82) is 0 Å². The normalized spacial score (nSPS) is 28.9. The summed E-state index contributed by atoms with van der Waals surface area (Å²) in [4.78, 5) is 10.4. The molecule has 0 aliphatic carbocycles. The predicted molar refractivity (Wildman–Crippen MR) is 73.3 cm³/mol. The Bertz CT molecular complexity index is 276. The fourth-order valence-electron chi connectivity index (χ4n) is 1.62. The first-order valence-corrected chi connectivity index (χ1v) is 7.63. The molecular weight excluding hydrogens is 240 g/mol. The van der Waals surface area contributed by atoms with Crippen LogP contribution in [0.1, 0.15) is 27.2 Å². The second kappa shape index (κ2) is 6.01. The molecule has 1 aliphatic rings. The van der Waals surface area contributed by atoms with Gasteiger partial charge in [0.25, 0.3) is 0 Å². The second-order valence-corrected chi connectivity index (χ2v) is 7.51. The molecule has 0 aromatic carbocycles. The molecule has 0 aromatic rings. The molecule has 1 rings (SSSR count). The number of carboxylic acids is 1. The average molecular weight is 260 g/mol. The summed E-state index contributed by atoms with van der Waals surface area (Å²) in [6.45, 7) is 6.73. The summed E-state index contributed by atoms with van der Waals surface area (Å²) in [6.07, 6.45) is 5.65. The van der Waals surface area contributed by atoms with E-state index in [2.05, 4.69) is 32.9 Å². The Morgan fingerprint density at radius 2 is 2.31 bits per heavy atom. The van der Waals surface area contributed by atoms with Crippen LogP contribution in [0, 0.1) is 5.92 Å². The van der Waals surface area contributed by atoms with Gasteiger partial charge in [0.1, 0.15) is 0 Å². The molecule has 0 spiro atoms. The summed E-state index contributed by atoms with van der Waals surface area (Å²) >= 11 is 3.52. The van der Waals surface area contributed by atoms with Gasteiger partial charge in [-0.2, -0.15) is 11.8 Å². The Kier molecular flexibility index (Phi) is 5.25. The lowest BCUT2D eigenvalue weighted by atomic mass is 10.1. The highest BCUT2D eigenvalue weighted by atomic mass is 32.2. The second-order valence-electron chi connectivity index (χ2n) is 4.69. The number of hydrogen-bond acceptors (Lipinski definition) is 3. The number of carbonyl (C=O) groups is 1. The van der Waals surface area contributed by atoms with Crippen LogP contribution >= 0.6 is 23.5 Å². The molecule has 1 N–H and O–H groups in total. The predicted octanol–water partition coefficient (Wildman–Crippen LogP) is 3.28. The van der Waals surface area contributed by atoms with Crippen molar-refractivity contribution < 1.29 is 9.90 Å². The topological polar surface area (TPSA) is 37.3 Å². The van der Waals surface area contributed by atoms with Crippen LogP contribution in [0.4, 0.5) is 0 Å². The standard InChI is InChI=1S/C12H20O2S2/c1-9(2)10-4-5-12(3,16-10)6-7-15-8-11(13)14/h4-5,9-10H,6-8H2,1-3H3,(H,13,14). The van der Waals surface area contributed by atoms with Crippen molar-refractivity contribution in [3.05, 3.63) is 12.2 Å². The minimum Gasteiger partial charge on any atom is -0.481 e. The van der Waals surface area contributed by atoms with E-state index in [-0.39, 0.29) is 10.5 Å². The van der Waals surface area contributed by atoms with Crippen molar-refractivity contribution in [2.45, 2.75) is 37.2 Å². The molecule has 0 bridgehead atoms. The van der Waals surface area contributed by atoms with Crippen LogP contribution in [0.5, 0.6) is 0 Å². The van der Waals surface area contributed by atoms with Crippen molar-refractivity contribution in [1.82, 2.24) is 0 Å². The Balaban J connectivity index is 2.27. The van der Waals surface area contributed by atoms with Crippen LogP contribution in [0.2, 0.25) is 0 Å². The van der Waals surface area contributed by atoms with Crippen molar-refractivity contribution >= 4 is 29.5 Å². The SMILES string of the molecule is CC(C)C1C=CC(C)(CCSCC(=O)O)S1. The van der Waals surface area contributed by atoms with Crippen LogP contribution in [0.3, 0.4) is 0 Å². The van der Waals surface area contributed by atoms with E-state index in [4.69, 9.17) is 5.11 Å². The van der Waals surface area contributed by atoms with Gasteiger partial charge in [-0.25, -0.2) is 0 Å². The third-order valence-corrected chi connectivity index (χ3v) is 5.47. The molecule has 0 saturated heterocycles. The summed E-state index contributed by atoms with van der Waals surface area (Å²) < 4.78 is 0.209. The molecule has 0 aromatic heterocycles. The molecule has 0 radical (unpaired) electrons. The highest BCUT2D eigenvalue weighted by Crippen LogP contribution is 2.43. The molecule has 2 atom stereocenters.